The van der Waals surface area contributed by atoms with E-state index in [1.165, 1.54) is 16.4 Å². The summed E-state index contributed by atoms with van der Waals surface area (Å²) in [5.74, 6) is -0.0805. The summed E-state index contributed by atoms with van der Waals surface area (Å²) in [6.07, 6.45) is 1.95. The molecule has 8 nitrogen and oxygen atoms in total. The van der Waals surface area contributed by atoms with Crippen molar-refractivity contribution >= 4 is 21.6 Å². The van der Waals surface area contributed by atoms with Crippen molar-refractivity contribution < 1.29 is 18.1 Å². The zero-order valence-electron chi connectivity index (χ0n) is 18.3. The number of non-ortho nitro benzene ring substituents is 1. The highest BCUT2D eigenvalue weighted by Crippen LogP contribution is 2.27. The van der Waals surface area contributed by atoms with Gasteiger partial charge in [0, 0.05) is 31.4 Å². The highest BCUT2D eigenvalue weighted by Gasteiger charge is 2.40. The molecule has 1 atom stereocenters. The van der Waals surface area contributed by atoms with Gasteiger partial charge in [-0.3, -0.25) is 14.9 Å². The maximum Gasteiger partial charge on any atom is 0.269 e. The van der Waals surface area contributed by atoms with Crippen molar-refractivity contribution in [2.75, 3.05) is 13.1 Å². The van der Waals surface area contributed by atoms with Gasteiger partial charge in [-0.25, -0.2) is 8.42 Å². The average molecular weight is 458 g/mol. The number of nitro benzene ring substituents is 1. The van der Waals surface area contributed by atoms with Gasteiger partial charge in [0.1, 0.15) is 6.04 Å². The summed E-state index contributed by atoms with van der Waals surface area (Å²) in [5, 5.41) is 11.0. The first-order valence-corrected chi connectivity index (χ1v) is 11.8. The smallest absolute Gasteiger partial charge is 0.269 e. The summed E-state index contributed by atoms with van der Waals surface area (Å²) >= 11 is 0. The lowest BCUT2D eigenvalue weighted by Crippen LogP contribution is -2.50. The predicted molar refractivity (Wildman–Crippen MR) is 121 cm³/mol. The molecule has 0 N–H and O–H groups in total. The van der Waals surface area contributed by atoms with Gasteiger partial charge in [0.15, 0.2) is 0 Å². The molecule has 1 aliphatic heterocycles. The number of nitro groups is 1. The zero-order chi connectivity index (χ0) is 23.5. The quantitative estimate of drug-likeness (QED) is 0.467. The van der Waals surface area contributed by atoms with Crippen LogP contribution in [0.2, 0.25) is 0 Å². The fourth-order valence-corrected chi connectivity index (χ4v) is 5.36. The SMILES string of the molecule is CC1=CN(CC(C)C)C(=O)[C@H](Cc2ccccc2)N(S(=O)(=O)c2ccc([N+](=O)[O-])cc2)C1. The average Bonchev–Trinajstić information content (AvgIpc) is 2.86. The van der Waals surface area contributed by atoms with Crippen molar-refractivity contribution in [1.82, 2.24) is 9.21 Å². The molecule has 0 radical (unpaired) electrons. The third-order valence-electron chi connectivity index (χ3n) is 5.19. The van der Waals surface area contributed by atoms with E-state index in [9.17, 15) is 23.3 Å². The van der Waals surface area contributed by atoms with Gasteiger partial charge < -0.3 is 4.90 Å². The molecule has 1 aliphatic rings. The molecule has 0 unspecified atom stereocenters. The Balaban J connectivity index is 2.05. The van der Waals surface area contributed by atoms with Crippen LogP contribution in [0.15, 0.2) is 71.3 Å². The lowest BCUT2D eigenvalue weighted by Gasteiger charge is -2.31. The molecule has 2 aromatic rings. The Bertz CT molecular complexity index is 1110. The van der Waals surface area contributed by atoms with Crippen molar-refractivity contribution in [2.24, 2.45) is 5.92 Å². The Morgan fingerprint density at radius 1 is 1.09 bits per heavy atom. The minimum absolute atomic E-state index is 0.0527. The Morgan fingerprint density at radius 2 is 1.72 bits per heavy atom. The molecule has 1 heterocycles. The zero-order valence-corrected chi connectivity index (χ0v) is 19.2. The van der Waals surface area contributed by atoms with Crippen LogP contribution in [0.4, 0.5) is 5.69 Å². The van der Waals surface area contributed by atoms with Crippen LogP contribution in [0.1, 0.15) is 26.3 Å². The molecule has 0 bridgehead atoms. The van der Waals surface area contributed by atoms with Crippen molar-refractivity contribution in [1.29, 1.82) is 0 Å². The van der Waals surface area contributed by atoms with Gasteiger partial charge in [0.2, 0.25) is 15.9 Å². The monoisotopic (exact) mass is 457 g/mol. The summed E-state index contributed by atoms with van der Waals surface area (Å²) in [7, 11) is -4.09. The van der Waals surface area contributed by atoms with Crippen molar-refractivity contribution in [3.05, 3.63) is 82.0 Å². The van der Waals surface area contributed by atoms with E-state index in [1.807, 2.05) is 44.2 Å². The van der Waals surface area contributed by atoms with Gasteiger partial charge in [0.25, 0.3) is 5.69 Å². The maximum absolute atomic E-state index is 13.6. The lowest BCUT2D eigenvalue weighted by molar-refractivity contribution is -0.384. The Kier molecular flexibility index (Phi) is 7.10. The molecule has 9 heteroatoms. The summed E-state index contributed by atoms with van der Waals surface area (Å²) in [5.41, 5.74) is 1.38. The second-order valence-electron chi connectivity index (χ2n) is 8.37. The fourth-order valence-electron chi connectivity index (χ4n) is 3.73. The standard InChI is InChI=1S/C23H27N3O5S/c1-17(2)14-24-15-18(3)16-25(22(23(24)27)13-19-7-5-4-6-8-19)32(30,31)21-11-9-20(10-12-21)26(28)29/h4-12,15,17,22H,13-14,16H2,1-3H3/t22-/m0/s1. The van der Waals surface area contributed by atoms with E-state index in [1.54, 1.807) is 18.0 Å². The van der Waals surface area contributed by atoms with E-state index < -0.39 is 21.0 Å². The Labute approximate surface area is 188 Å². The van der Waals surface area contributed by atoms with Crippen LogP contribution in [-0.2, 0) is 21.2 Å². The van der Waals surface area contributed by atoms with Crippen molar-refractivity contribution in [3.8, 4) is 0 Å². The topological polar surface area (TPSA) is 101 Å². The number of sulfonamides is 1. The highest BCUT2D eigenvalue weighted by molar-refractivity contribution is 7.89. The Hall–Kier alpha value is -3.04. The minimum Gasteiger partial charge on any atom is -0.317 e. The number of benzene rings is 2. The number of amides is 1. The van der Waals surface area contributed by atoms with Gasteiger partial charge in [-0.2, -0.15) is 4.31 Å². The molecule has 0 saturated carbocycles. The molecule has 1 amide bonds. The molecule has 3 rings (SSSR count). The minimum atomic E-state index is -4.09. The molecular weight excluding hydrogens is 430 g/mol. The number of rotatable bonds is 7. The normalized spacial score (nSPS) is 17.9. The van der Waals surface area contributed by atoms with Crippen LogP contribution in [-0.4, -0.2) is 47.6 Å². The summed E-state index contributed by atoms with van der Waals surface area (Å²) < 4.78 is 28.4. The molecule has 32 heavy (non-hydrogen) atoms. The van der Waals surface area contributed by atoms with Crippen molar-refractivity contribution in [2.45, 2.75) is 38.1 Å². The van der Waals surface area contributed by atoms with E-state index in [0.29, 0.717) is 6.54 Å². The van der Waals surface area contributed by atoms with Crippen molar-refractivity contribution in [3.63, 3.8) is 0 Å². The first-order valence-electron chi connectivity index (χ1n) is 10.4. The van der Waals surface area contributed by atoms with Crippen LogP contribution in [0, 0.1) is 16.0 Å². The molecule has 0 spiro atoms. The van der Waals surface area contributed by atoms with Gasteiger partial charge in [0.05, 0.1) is 9.82 Å². The third kappa shape index (κ3) is 5.23. The molecule has 0 aliphatic carbocycles. The van der Waals surface area contributed by atoms with E-state index in [0.717, 1.165) is 23.3 Å². The van der Waals surface area contributed by atoms with Gasteiger partial charge in [-0.1, -0.05) is 44.2 Å². The third-order valence-corrected chi connectivity index (χ3v) is 7.05. The maximum atomic E-state index is 13.6. The highest BCUT2D eigenvalue weighted by atomic mass is 32.2. The summed E-state index contributed by atoms with van der Waals surface area (Å²) in [6, 6.07) is 13.1. The summed E-state index contributed by atoms with van der Waals surface area (Å²) in [4.78, 5) is 25.5. The van der Waals surface area contributed by atoms with Crippen LogP contribution in [0.5, 0.6) is 0 Å². The summed E-state index contributed by atoms with van der Waals surface area (Å²) in [6.45, 7) is 6.33. The van der Waals surface area contributed by atoms with Gasteiger partial charge in [-0.05, 0) is 42.5 Å². The van der Waals surface area contributed by atoms with Gasteiger partial charge in [-0.15, -0.1) is 0 Å². The van der Waals surface area contributed by atoms with E-state index in [-0.39, 0.29) is 35.4 Å². The fraction of sp³-hybridized carbons (Fsp3) is 0.348. The molecular formula is C23H27N3O5S. The van der Waals surface area contributed by atoms with Crippen LogP contribution in [0.25, 0.3) is 0 Å². The molecule has 170 valence electrons. The lowest BCUT2D eigenvalue weighted by atomic mass is 10.0. The second-order valence-corrected chi connectivity index (χ2v) is 10.3. The van der Waals surface area contributed by atoms with E-state index in [2.05, 4.69) is 0 Å². The molecule has 0 aromatic heterocycles. The van der Waals surface area contributed by atoms with Crippen LogP contribution >= 0.6 is 0 Å². The largest absolute Gasteiger partial charge is 0.317 e. The first kappa shape index (κ1) is 23.6. The van der Waals surface area contributed by atoms with E-state index in [4.69, 9.17) is 0 Å². The number of carbonyl (C=O) groups is 1. The number of nitrogens with zero attached hydrogens (tertiary/aromatic N) is 3. The molecule has 0 saturated heterocycles. The molecule has 2 aromatic carbocycles. The number of carbonyl (C=O) groups excluding carboxylic acids is 1. The molecule has 0 fully saturated rings. The van der Waals surface area contributed by atoms with Crippen LogP contribution in [0.3, 0.4) is 0 Å². The Morgan fingerprint density at radius 3 is 2.28 bits per heavy atom. The predicted octanol–water partition coefficient (Wildman–Crippen LogP) is 3.60. The van der Waals surface area contributed by atoms with E-state index >= 15 is 0 Å². The van der Waals surface area contributed by atoms with Crippen LogP contribution < -0.4 is 0 Å². The van der Waals surface area contributed by atoms with Gasteiger partial charge >= 0.3 is 0 Å². The number of hydrogen-bond acceptors (Lipinski definition) is 5. The second kappa shape index (κ2) is 9.62. The number of hydrogen-bond donors (Lipinski definition) is 0. The first-order chi connectivity index (χ1) is 15.1.